The summed E-state index contributed by atoms with van der Waals surface area (Å²) in [5.74, 6) is 0.461. The van der Waals surface area contributed by atoms with E-state index in [0.29, 0.717) is 5.95 Å². The van der Waals surface area contributed by atoms with Gasteiger partial charge in [0, 0.05) is 6.54 Å². The van der Waals surface area contributed by atoms with Crippen molar-refractivity contribution in [2.75, 3.05) is 11.9 Å². The van der Waals surface area contributed by atoms with Crippen molar-refractivity contribution in [3.8, 4) is 12.0 Å². The van der Waals surface area contributed by atoms with Crippen LogP contribution < -0.4 is 14.8 Å². The van der Waals surface area contributed by atoms with Gasteiger partial charge >= 0.3 is 12.0 Å². The van der Waals surface area contributed by atoms with Gasteiger partial charge in [-0.2, -0.15) is 9.97 Å². The van der Waals surface area contributed by atoms with Crippen molar-refractivity contribution >= 4 is 5.95 Å². The molecule has 0 saturated carbocycles. The van der Waals surface area contributed by atoms with Gasteiger partial charge in [0.15, 0.2) is 0 Å². The maximum atomic E-state index is 5.63. The van der Waals surface area contributed by atoms with Gasteiger partial charge in [-0.25, -0.2) is 0 Å². The molecule has 0 atom stereocenters. The van der Waals surface area contributed by atoms with Crippen LogP contribution in [0.4, 0.5) is 5.95 Å². The van der Waals surface area contributed by atoms with Gasteiger partial charge in [0.2, 0.25) is 5.95 Å². The Labute approximate surface area is 108 Å². The zero-order chi connectivity index (χ0) is 13.8. The predicted molar refractivity (Wildman–Crippen MR) is 70.1 cm³/mol. The number of nitrogens with zero attached hydrogens (tertiary/aromatic N) is 3. The molecule has 0 bridgehead atoms. The monoisotopic (exact) mass is 254 g/mol. The first kappa shape index (κ1) is 14.5. The minimum atomic E-state index is -0.361. The smallest absolute Gasteiger partial charge is 0.324 e. The highest BCUT2D eigenvalue weighted by Crippen LogP contribution is 2.18. The minimum Gasteiger partial charge on any atom is -0.461 e. The Morgan fingerprint density at radius 2 is 1.72 bits per heavy atom. The van der Waals surface area contributed by atoms with Crippen LogP contribution in [0.3, 0.4) is 0 Å². The van der Waals surface area contributed by atoms with E-state index >= 15 is 0 Å². The summed E-state index contributed by atoms with van der Waals surface area (Å²) in [6, 6.07) is 0.541. The molecule has 0 unspecified atom stereocenters. The second kappa shape index (κ2) is 5.84. The van der Waals surface area contributed by atoms with Crippen molar-refractivity contribution in [2.24, 2.45) is 0 Å². The largest absolute Gasteiger partial charge is 0.461 e. The molecule has 1 heterocycles. The van der Waals surface area contributed by atoms with E-state index in [2.05, 4.69) is 20.3 Å². The third-order valence-electron chi connectivity index (χ3n) is 1.67. The molecule has 0 saturated heterocycles. The van der Waals surface area contributed by atoms with E-state index in [-0.39, 0.29) is 23.7 Å². The van der Waals surface area contributed by atoms with Crippen LogP contribution in [0, 0.1) is 0 Å². The van der Waals surface area contributed by atoms with Gasteiger partial charge in [-0.05, 0) is 41.5 Å². The highest BCUT2D eigenvalue weighted by molar-refractivity contribution is 5.27. The number of hydrogen-bond donors (Lipinski definition) is 1. The van der Waals surface area contributed by atoms with E-state index in [1.54, 1.807) is 0 Å². The van der Waals surface area contributed by atoms with Crippen LogP contribution in [0.5, 0.6) is 12.0 Å². The van der Waals surface area contributed by atoms with Gasteiger partial charge in [-0.1, -0.05) is 0 Å². The molecule has 0 aliphatic heterocycles. The SMILES string of the molecule is CCNc1nc(OC(C)C)nc(OC(C)(C)C)n1. The Bertz CT molecular complexity index is 388. The lowest BCUT2D eigenvalue weighted by atomic mass is 10.2. The van der Waals surface area contributed by atoms with Gasteiger partial charge in [-0.3, -0.25) is 0 Å². The summed E-state index contributed by atoms with van der Waals surface area (Å²) in [5, 5.41) is 3.03. The normalized spacial score (nSPS) is 11.5. The molecular formula is C12H22N4O2. The number of anilines is 1. The molecule has 102 valence electrons. The molecule has 1 aromatic heterocycles. The van der Waals surface area contributed by atoms with Gasteiger partial charge in [-0.15, -0.1) is 4.98 Å². The zero-order valence-corrected chi connectivity index (χ0v) is 11.9. The van der Waals surface area contributed by atoms with Crippen molar-refractivity contribution in [1.29, 1.82) is 0 Å². The van der Waals surface area contributed by atoms with E-state index in [9.17, 15) is 0 Å². The summed E-state index contributed by atoms with van der Waals surface area (Å²) in [5.41, 5.74) is -0.361. The molecular weight excluding hydrogens is 232 g/mol. The molecule has 0 fully saturated rings. The minimum absolute atomic E-state index is 0.00404. The molecule has 0 aliphatic rings. The lowest BCUT2D eigenvalue weighted by Gasteiger charge is -2.20. The fourth-order valence-corrected chi connectivity index (χ4v) is 1.16. The maximum Gasteiger partial charge on any atom is 0.324 e. The number of nitrogens with one attached hydrogen (secondary N) is 1. The van der Waals surface area contributed by atoms with E-state index in [4.69, 9.17) is 9.47 Å². The molecule has 0 radical (unpaired) electrons. The molecule has 1 rings (SSSR count). The Morgan fingerprint density at radius 1 is 1.11 bits per heavy atom. The van der Waals surface area contributed by atoms with Crippen LogP contribution in [0.1, 0.15) is 41.5 Å². The maximum absolute atomic E-state index is 5.63. The summed E-state index contributed by atoms with van der Waals surface area (Å²) in [6.07, 6.45) is 0.00404. The van der Waals surface area contributed by atoms with E-state index in [1.165, 1.54) is 0 Å². The molecule has 6 heteroatoms. The van der Waals surface area contributed by atoms with Crippen LogP contribution >= 0.6 is 0 Å². The lowest BCUT2D eigenvalue weighted by Crippen LogP contribution is -2.25. The molecule has 6 nitrogen and oxygen atoms in total. The van der Waals surface area contributed by atoms with E-state index in [1.807, 2.05) is 41.5 Å². The first-order chi connectivity index (χ1) is 8.30. The highest BCUT2D eigenvalue weighted by Gasteiger charge is 2.16. The number of rotatable bonds is 5. The summed E-state index contributed by atoms with van der Waals surface area (Å²) < 4.78 is 11.1. The first-order valence-electron chi connectivity index (χ1n) is 6.16. The molecule has 1 N–H and O–H groups in total. The van der Waals surface area contributed by atoms with Gasteiger partial charge in [0.1, 0.15) is 5.60 Å². The van der Waals surface area contributed by atoms with E-state index < -0.39 is 0 Å². The van der Waals surface area contributed by atoms with Gasteiger partial charge in [0.25, 0.3) is 0 Å². The number of aromatic nitrogens is 3. The Kier molecular flexibility index (Phi) is 4.69. The standard InChI is InChI=1S/C12H22N4O2/c1-7-13-9-14-10(17-8(2)3)16-11(15-9)18-12(4,5)6/h8H,7H2,1-6H3,(H,13,14,15,16). The average molecular weight is 254 g/mol. The number of ether oxygens (including phenoxy) is 2. The molecule has 1 aromatic rings. The van der Waals surface area contributed by atoms with Crippen LogP contribution in [0.15, 0.2) is 0 Å². The predicted octanol–water partition coefficient (Wildman–Crippen LogP) is 2.27. The van der Waals surface area contributed by atoms with Crippen LogP contribution in [-0.4, -0.2) is 33.2 Å². The van der Waals surface area contributed by atoms with Crippen LogP contribution in [0.25, 0.3) is 0 Å². The Hall–Kier alpha value is -1.59. The lowest BCUT2D eigenvalue weighted by molar-refractivity contribution is 0.113. The average Bonchev–Trinajstić information content (AvgIpc) is 2.12. The zero-order valence-electron chi connectivity index (χ0n) is 11.9. The van der Waals surface area contributed by atoms with Crippen LogP contribution in [0.2, 0.25) is 0 Å². The summed E-state index contributed by atoms with van der Waals surface area (Å²) in [6.45, 7) is 12.3. The van der Waals surface area contributed by atoms with Crippen molar-refractivity contribution in [1.82, 2.24) is 15.0 Å². The fraction of sp³-hybridized carbons (Fsp3) is 0.750. The topological polar surface area (TPSA) is 69.2 Å². The third kappa shape index (κ3) is 5.16. The van der Waals surface area contributed by atoms with Gasteiger partial charge < -0.3 is 14.8 Å². The summed E-state index contributed by atoms with van der Waals surface area (Å²) in [7, 11) is 0. The Morgan fingerprint density at radius 3 is 2.22 bits per heavy atom. The second-order valence-corrected chi connectivity index (χ2v) is 5.14. The molecule has 0 amide bonds. The summed E-state index contributed by atoms with van der Waals surface area (Å²) >= 11 is 0. The molecule has 0 spiro atoms. The molecule has 0 aliphatic carbocycles. The first-order valence-corrected chi connectivity index (χ1v) is 6.16. The molecule has 0 aromatic carbocycles. The molecule has 18 heavy (non-hydrogen) atoms. The highest BCUT2D eigenvalue weighted by atomic mass is 16.5. The van der Waals surface area contributed by atoms with E-state index in [0.717, 1.165) is 6.54 Å². The Balaban J connectivity index is 2.97. The van der Waals surface area contributed by atoms with Gasteiger partial charge in [0.05, 0.1) is 6.10 Å². The van der Waals surface area contributed by atoms with Crippen molar-refractivity contribution in [3.05, 3.63) is 0 Å². The fourth-order valence-electron chi connectivity index (χ4n) is 1.16. The third-order valence-corrected chi connectivity index (χ3v) is 1.67. The van der Waals surface area contributed by atoms with Crippen molar-refractivity contribution < 1.29 is 9.47 Å². The number of hydrogen-bond acceptors (Lipinski definition) is 6. The van der Waals surface area contributed by atoms with Crippen LogP contribution in [-0.2, 0) is 0 Å². The summed E-state index contributed by atoms with van der Waals surface area (Å²) in [4.78, 5) is 12.5. The van der Waals surface area contributed by atoms with Crippen molar-refractivity contribution in [3.63, 3.8) is 0 Å². The quantitative estimate of drug-likeness (QED) is 0.869. The van der Waals surface area contributed by atoms with Crippen molar-refractivity contribution in [2.45, 2.75) is 53.2 Å². The second-order valence-electron chi connectivity index (χ2n) is 5.14.